The van der Waals surface area contributed by atoms with Gasteiger partial charge >= 0.3 is 0 Å². The van der Waals surface area contributed by atoms with E-state index in [1.807, 2.05) is 0 Å². The first-order chi connectivity index (χ1) is 5.48. The number of ether oxygens (including phenoxy) is 1. The van der Waals surface area contributed by atoms with E-state index in [0.29, 0.717) is 5.92 Å². The van der Waals surface area contributed by atoms with Crippen LogP contribution in [0.1, 0.15) is 34.1 Å². The van der Waals surface area contributed by atoms with Crippen molar-refractivity contribution in [2.24, 2.45) is 11.1 Å². The van der Waals surface area contributed by atoms with Gasteiger partial charge in [-0.3, -0.25) is 5.14 Å². The Morgan fingerprint density at radius 2 is 2.00 bits per heavy atom. The molecule has 0 aromatic rings. The Balaban J connectivity index is 3.46. The van der Waals surface area contributed by atoms with Crippen LogP contribution >= 0.6 is 11.9 Å². The third-order valence-corrected chi connectivity index (χ3v) is 2.48. The lowest BCUT2D eigenvalue weighted by Gasteiger charge is -2.24. The van der Waals surface area contributed by atoms with Crippen LogP contribution in [0.2, 0.25) is 0 Å². The van der Waals surface area contributed by atoms with Crippen LogP contribution in [-0.2, 0) is 4.74 Å². The lowest BCUT2D eigenvalue weighted by Crippen LogP contribution is -2.29. The summed E-state index contributed by atoms with van der Waals surface area (Å²) in [5.41, 5.74) is -0.0751. The van der Waals surface area contributed by atoms with Crippen molar-refractivity contribution >= 4 is 11.9 Å². The fourth-order valence-electron chi connectivity index (χ4n) is 0.813. The van der Waals surface area contributed by atoms with Crippen LogP contribution in [0, 0.1) is 5.92 Å². The quantitative estimate of drug-likeness (QED) is 0.655. The van der Waals surface area contributed by atoms with Gasteiger partial charge in [0.2, 0.25) is 0 Å². The van der Waals surface area contributed by atoms with E-state index in [9.17, 15) is 0 Å². The minimum atomic E-state index is -0.0751. The largest absolute Gasteiger partial charge is 0.375 e. The molecule has 0 radical (unpaired) electrons. The van der Waals surface area contributed by atoms with Crippen molar-refractivity contribution in [3.8, 4) is 0 Å². The standard InChI is InChI=1S/C9H21NOS/c1-8(2)5-6-11-9(3,4)7-12-10/h8H,5-7,10H2,1-4H3. The van der Waals surface area contributed by atoms with Crippen LogP contribution in [0.15, 0.2) is 0 Å². The van der Waals surface area contributed by atoms with Gasteiger partial charge < -0.3 is 4.74 Å². The Morgan fingerprint density at radius 1 is 1.42 bits per heavy atom. The molecule has 12 heavy (non-hydrogen) atoms. The second kappa shape index (κ2) is 5.84. The van der Waals surface area contributed by atoms with Crippen molar-refractivity contribution in [1.82, 2.24) is 0 Å². The minimum Gasteiger partial charge on any atom is -0.375 e. The molecule has 0 saturated heterocycles. The van der Waals surface area contributed by atoms with Crippen LogP contribution in [0.4, 0.5) is 0 Å². The first-order valence-corrected chi connectivity index (χ1v) is 5.48. The van der Waals surface area contributed by atoms with Crippen molar-refractivity contribution in [2.45, 2.75) is 39.7 Å². The maximum Gasteiger partial charge on any atom is 0.0729 e. The summed E-state index contributed by atoms with van der Waals surface area (Å²) < 4.78 is 5.68. The van der Waals surface area contributed by atoms with Crippen molar-refractivity contribution in [2.75, 3.05) is 12.4 Å². The van der Waals surface area contributed by atoms with Gasteiger partial charge in [0.25, 0.3) is 0 Å². The van der Waals surface area contributed by atoms with E-state index in [-0.39, 0.29) is 5.60 Å². The van der Waals surface area contributed by atoms with E-state index in [4.69, 9.17) is 9.88 Å². The highest BCUT2D eigenvalue weighted by Gasteiger charge is 2.17. The van der Waals surface area contributed by atoms with Gasteiger partial charge in [0, 0.05) is 12.4 Å². The lowest BCUT2D eigenvalue weighted by atomic mass is 10.1. The zero-order valence-corrected chi connectivity index (χ0v) is 9.41. The van der Waals surface area contributed by atoms with Gasteiger partial charge in [-0.1, -0.05) is 25.8 Å². The molecule has 0 atom stereocenters. The maximum absolute atomic E-state index is 5.68. The highest BCUT2D eigenvalue weighted by Crippen LogP contribution is 2.14. The maximum atomic E-state index is 5.68. The molecule has 0 saturated carbocycles. The molecule has 74 valence electrons. The molecule has 0 aliphatic carbocycles. The molecule has 0 bridgehead atoms. The van der Waals surface area contributed by atoms with Gasteiger partial charge in [-0.25, -0.2) is 0 Å². The van der Waals surface area contributed by atoms with Crippen molar-refractivity contribution < 1.29 is 4.74 Å². The van der Waals surface area contributed by atoms with Crippen LogP contribution in [0.25, 0.3) is 0 Å². The predicted molar refractivity (Wildman–Crippen MR) is 56.1 cm³/mol. The molecule has 0 aliphatic rings. The average molecular weight is 191 g/mol. The Bertz CT molecular complexity index is 115. The summed E-state index contributed by atoms with van der Waals surface area (Å²) >= 11 is 1.34. The number of rotatable bonds is 6. The van der Waals surface area contributed by atoms with Gasteiger partial charge in [-0.15, -0.1) is 0 Å². The highest BCUT2D eigenvalue weighted by atomic mass is 32.2. The molecule has 0 fully saturated rings. The molecular formula is C9H21NOS. The summed E-state index contributed by atoms with van der Waals surface area (Å²) in [4.78, 5) is 0. The number of hydrogen-bond donors (Lipinski definition) is 1. The van der Waals surface area contributed by atoms with Gasteiger partial charge in [0.05, 0.1) is 5.60 Å². The monoisotopic (exact) mass is 191 g/mol. The molecule has 3 heteroatoms. The van der Waals surface area contributed by atoms with E-state index in [0.717, 1.165) is 18.8 Å². The molecule has 0 rings (SSSR count). The first kappa shape index (κ1) is 12.3. The van der Waals surface area contributed by atoms with Crippen LogP contribution in [0.3, 0.4) is 0 Å². The fourth-order valence-corrected chi connectivity index (χ4v) is 1.30. The normalized spacial score (nSPS) is 12.5. The Morgan fingerprint density at radius 3 is 2.42 bits per heavy atom. The Kier molecular flexibility index (Phi) is 5.97. The van der Waals surface area contributed by atoms with E-state index < -0.39 is 0 Å². The fraction of sp³-hybridized carbons (Fsp3) is 1.00. The predicted octanol–water partition coefficient (Wildman–Crippen LogP) is 2.43. The summed E-state index contributed by atoms with van der Waals surface area (Å²) in [6, 6.07) is 0. The van der Waals surface area contributed by atoms with E-state index in [1.54, 1.807) is 0 Å². The van der Waals surface area contributed by atoms with Gasteiger partial charge in [0.15, 0.2) is 0 Å². The topological polar surface area (TPSA) is 35.2 Å². The Hall–Kier alpha value is 0.270. The highest BCUT2D eigenvalue weighted by molar-refractivity contribution is 7.97. The van der Waals surface area contributed by atoms with Crippen LogP contribution < -0.4 is 5.14 Å². The van der Waals surface area contributed by atoms with Crippen LogP contribution in [0.5, 0.6) is 0 Å². The second-order valence-electron chi connectivity index (χ2n) is 4.10. The smallest absolute Gasteiger partial charge is 0.0729 e. The van der Waals surface area contributed by atoms with Gasteiger partial charge in [0.1, 0.15) is 0 Å². The third kappa shape index (κ3) is 6.95. The van der Waals surface area contributed by atoms with Gasteiger partial charge in [-0.05, 0) is 26.2 Å². The Labute approximate surface area is 80.4 Å². The molecule has 0 spiro atoms. The average Bonchev–Trinajstić information content (AvgIpc) is 1.85. The minimum absolute atomic E-state index is 0.0751. The van der Waals surface area contributed by atoms with E-state index in [2.05, 4.69) is 27.7 Å². The van der Waals surface area contributed by atoms with Gasteiger partial charge in [-0.2, -0.15) is 0 Å². The summed E-state index contributed by atoms with van der Waals surface area (Å²) in [6.45, 7) is 9.40. The van der Waals surface area contributed by atoms with Crippen molar-refractivity contribution in [3.05, 3.63) is 0 Å². The number of nitrogens with two attached hydrogens (primary N) is 1. The molecule has 0 unspecified atom stereocenters. The molecule has 0 aromatic heterocycles. The molecule has 0 aliphatic heterocycles. The van der Waals surface area contributed by atoms with E-state index >= 15 is 0 Å². The van der Waals surface area contributed by atoms with Crippen LogP contribution in [-0.4, -0.2) is 18.0 Å². The zero-order chi connectivity index (χ0) is 9.61. The SMILES string of the molecule is CC(C)CCOC(C)(C)CSN. The molecule has 2 N–H and O–H groups in total. The zero-order valence-electron chi connectivity index (χ0n) is 8.59. The van der Waals surface area contributed by atoms with E-state index in [1.165, 1.54) is 11.9 Å². The lowest BCUT2D eigenvalue weighted by molar-refractivity contribution is -0.00409. The molecular weight excluding hydrogens is 170 g/mol. The summed E-state index contributed by atoms with van der Waals surface area (Å²) in [5, 5.41) is 5.38. The van der Waals surface area contributed by atoms with Crippen molar-refractivity contribution in [3.63, 3.8) is 0 Å². The van der Waals surface area contributed by atoms with Crippen molar-refractivity contribution in [1.29, 1.82) is 0 Å². The first-order valence-electron chi connectivity index (χ1n) is 4.43. The molecule has 0 amide bonds. The number of hydrogen-bond acceptors (Lipinski definition) is 3. The summed E-state index contributed by atoms with van der Waals surface area (Å²) in [7, 11) is 0. The third-order valence-electron chi connectivity index (χ3n) is 1.62. The molecule has 0 aromatic carbocycles. The molecule has 0 heterocycles. The summed E-state index contributed by atoms with van der Waals surface area (Å²) in [6.07, 6.45) is 1.12. The molecule has 2 nitrogen and oxygen atoms in total. The summed E-state index contributed by atoms with van der Waals surface area (Å²) in [5.74, 6) is 1.57. The second-order valence-corrected chi connectivity index (χ2v) is 4.72.